The Bertz CT molecular complexity index is 803. The first kappa shape index (κ1) is 18.8. The minimum atomic E-state index is -0.191. The Morgan fingerprint density at radius 3 is 2.81 bits per heavy atom. The molecule has 27 heavy (non-hydrogen) atoms. The highest BCUT2D eigenvalue weighted by molar-refractivity contribution is 5.94. The van der Waals surface area contributed by atoms with Crippen molar-refractivity contribution in [3.05, 3.63) is 53.7 Å². The molecule has 140 valence electrons. The molecule has 1 aromatic carbocycles. The van der Waals surface area contributed by atoms with Crippen LogP contribution in [0, 0.1) is 18.3 Å². The monoisotopic (exact) mass is 363 g/mol. The third-order valence-corrected chi connectivity index (χ3v) is 4.96. The number of hydrogen-bond donors (Lipinski definition) is 1. The van der Waals surface area contributed by atoms with E-state index >= 15 is 0 Å². The summed E-state index contributed by atoms with van der Waals surface area (Å²) in [6, 6.07) is 12.0. The molecule has 1 fully saturated rings. The first-order valence-corrected chi connectivity index (χ1v) is 9.25. The van der Waals surface area contributed by atoms with Crippen LogP contribution >= 0.6 is 0 Å². The summed E-state index contributed by atoms with van der Waals surface area (Å²) in [7, 11) is 1.70. The number of piperidine rings is 1. The zero-order valence-electron chi connectivity index (χ0n) is 15.6. The van der Waals surface area contributed by atoms with Crippen molar-refractivity contribution < 1.29 is 9.53 Å². The highest BCUT2D eigenvalue weighted by Gasteiger charge is 2.20. The Morgan fingerprint density at radius 2 is 2.15 bits per heavy atom. The van der Waals surface area contributed by atoms with Gasteiger partial charge in [0.2, 0.25) is 0 Å². The topological polar surface area (TPSA) is 54.5 Å². The molecule has 5 nitrogen and oxygen atoms in total. The van der Waals surface area contributed by atoms with Crippen molar-refractivity contribution >= 4 is 11.7 Å². The number of terminal acetylenes is 1. The van der Waals surface area contributed by atoms with Gasteiger partial charge in [-0.25, -0.2) is 4.98 Å². The fourth-order valence-electron chi connectivity index (χ4n) is 3.44. The van der Waals surface area contributed by atoms with Gasteiger partial charge < -0.3 is 15.0 Å². The Balaban J connectivity index is 1.53. The predicted molar refractivity (Wildman–Crippen MR) is 107 cm³/mol. The van der Waals surface area contributed by atoms with Gasteiger partial charge in [-0.2, -0.15) is 0 Å². The SMILES string of the molecule is C#CCNC(=O)c1ccc(N2CCC(Cc3cccc(OC)c3)CC2)nc1. The molecular weight excluding hydrogens is 338 g/mol. The highest BCUT2D eigenvalue weighted by atomic mass is 16.5. The first-order valence-electron chi connectivity index (χ1n) is 9.25. The van der Waals surface area contributed by atoms with Gasteiger partial charge in [0.05, 0.1) is 19.2 Å². The lowest BCUT2D eigenvalue weighted by molar-refractivity contribution is 0.0958. The summed E-state index contributed by atoms with van der Waals surface area (Å²) >= 11 is 0. The molecule has 0 saturated carbocycles. The Labute approximate surface area is 160 Å². The first-order chi connectivity index (χ1) is 13.2. The normalized spacial score (nSPS) is 14.4. The van der Waals surface area contributed by atoms with E-state index in [9.17, 15) is 4.79 Å². The number of amides is 1. The van der Waals surface area contributed by atoms with Crippen molar-refractivity contribution in [1.29, 1.82) is 0 Å². The minimum Gasteiger partial charge on any atom is -0.497 e. The van der Waals surface area contributed by atoms with Crippen molar-refractivity contribution in [1.82, 2.24) is 10.3 Å². The van der Waals surface area contributed by atoms with E-state index < -0.39 is 0 Å². The minimum absolute atomic E-state index is 0.191. The van der Waals surface area contributed by atoms with Crippen LogP contribution in [-0.2, 0) is 6.42 Å². The molecule has 2 heterocycles. The molecule has 1 saturated heterocycles. The molecule has 3 rings (SSSR count). The van der Waals surface area contributed by atoms with E-state index in [-0.39, 0.29) is 12.5 Å². The van der Waals surface area contributed by atoms with Gasteiger partial charge in [-0.05, 0) is 55.0 Å². The van der Waals surface area contributed by atoms with Gasteiger partial charge in [0.15, 0.2) is 0 Å². The van der Waals surface area contributed by atoms with Crippen molar-refractivity contribution in [2.75, 3.05) is 31.6 Å². The maximum Gasteiger partial charge on any atom is 0.253 e. The van der Waals surface area contributed by atoms with Gasteiger partial charge in [-0.3, -0.25) is 4.79 Å². The van der Waals surface area contributed by atoms with Gasteiger partial charge in [-0.15, -0.1) is 6.42 Å². The van der Waals surface area contributed by atoms with Crippen LogP contribution in [0.25, 0.3) is 0 Å². The maximum absolute atomic E-state index is 11.9. The van der Waals surface area contributed by atoms with E-state index in [1.54, 1.807) is 19.4 Å². The number of rotatable bonds is 6. The molecular formula is C22H25N3O2. The molecule has 1 aliphatic heterocycles. The number of hydrogen-bond acceptors (Lipinski definition) is 4. The summed E-state index contributed by atoms with van der Waals surface area (Å²) in [4.78, 5) is 18.6. The third kappa shape index (κ3) is 5.01. The van der Waals surface area contributed by atoms with Gasteiger partial charge in [0.1, 0.15) is 11.6 Å². The standard InChI is InChI=1S/C22H25N3O2/c1-3-11-23-22(26)19-7-8-21(24-16-19)25-12-9-17(10-13-25)14-18-5-4-6-20(15-18)27-2/h1,4-8,15-17H,9-14H2,2H3,(H,23,26). The predicted octanol–water partition coefficient (Wildman–Crippen LogP) is 2.91. The molecule has 1 aromatic heterocycles. The number of nitrogens with one attached hydrogen (secondary N) is 1. The van der Waals surface area contributed by atoms with E-state index in [0.717, 1.165) is 43.9 Å². The number of ether oxygens (including phenoxy) is 1. The molecule has 1 amide bonds. The quantitative estimate of drug-likeness (QED) is 0.802. The van der Waals surface area contributed by atoms with Crippen LogP contribution < -0.4 is 15.0 Å². The lowest BCUT2D eigenvalue weighted by Crippen LogP contribution is -2.35. The number of pyridine rings is 1. The van der Waals surface area contributed by atoms with Crippen molar-refractivity contribution in [3.63, 3.8) is 0 Å². The molecule has 0 aliphatic carbocycles. The molecule has 2 aromatic rings. The molecule has 0 radical (unpaired) electrons. The van der Waals surface area contributed by atoms with Crippen molar-refractivity contribution in [2.45, 2.75) is 19.3 Å². The van der Waals surface area contributed by atoms with Gasteiger partial charge in [0, 0.05) is 19.3 Å². The molecule has 0 unspecified atom stereocenters. The summed E-state index contributed by atoms with van der Waals surface area (Å²) < 4.78 is 5.31. The largest absolute Gasteiger partial charge is 0.497 e. The summed E-state index contributed by atoms with van der Waals surface area (Å²) in [5.41, 5.74) is 1.86. The molecule has 5 heteroatoms. The molecule has 0 spiro atoms. The Kier molecular flexibility index (Phi) is 6.32. The average Bonchev–Trinajstić information content (AvgIpc) is 2.73. The molecule has 0 atom stereocenters. The number of methoxy groups -OCH3 is 1. The van der Waals surface area contributed by atoms with Crippen LogP contribution in [0.1, 0.15) is 28.8 Å². The maximum atomic E-state index is 11.9. The van der Waals surface area contributed by atoms with E-state index in [4.69, 9.17) is 11.2 Å². The third-order valence-electron chi connectivity index (χ3n) is 4.96. The summed E-state index contributed by atoms with van der Waals surface area (Å²) in [6.45, 7) is 2.18. The lowest BCUT2D eigenvalue weighted by Gasteiger charge is -2.33. The van der Waals surface area contributed by atoms with Crippen LogP contribution in [0.3, 0.4) is 0 Å². The summed E-state index contributed by atoms with van der Waals surface area (Å²) in [5.74, 6) is 4.71. The summed E-state index contributed by atoms with van der Waals surface area (Å²) in [5, 5.41) is 2.65. The zero-order valence-corrected chi connectivity index (χ0v) is 15.6. The average molecular weight is 363 g/mol. The summed E-state index contributed by atoms with van der Waals surface area (Å²) in [6.07, 6.45) is 10.1. The van der Waals surface area contributed by atoms with E-state index in [2.05, 4.69) is 39.3 Å². The zero-order chi connectivity index (χ0) is 19.1. The fourth-order valence-corrected chi connectivity index (χ4v) is 3.44. The Hall–Kier alpha value is -3.00. The van der Waals surface area contributed by atoms with Gasteiger partial charge in [-0.1, -0.05) is 18.1 Å². The number of benzene rings is 1. The smallest absolute Gasteiger partial charge is 0.253 e. The second kappa shape index (κ2) is 9.09. The van der Waals surface area contributed by atoms with E-state index in [0.29, 0.717) is 11.5 Å². The van der Waals surface area contributed by atoms with Crippen molar-refractivity contribution in [3.8, 4) is 18.1 Å². The van der Waals surface area contributed by atoms with Crippen LogP contribution in [0.5, 0.6) is 5.75 Å². The van der Waals surface area contributed by atoms with Crippen LogP contribution in [0.2, 0.25) is 0 Å². The second-order valence-corrected chi connectivity index (χ2v) is 6.78. The number of nitrogens with zero attached hydrogens (tertiary/aromatic N) is 2. The van der Waals surface area contributed by atoms with Crippen LogP contribution in [0.4, 0.5) is 5.82 Å². The van der Waals surface area contributed by atoms with E-state index in [1.807, 2.05) is 12.1 Å². The number of anilines is 1. The number of aromatic nitrogens is 1. The molecule has 1 aliphatic rings. The van der Waals surface area contributed by atoms with Crippen LogP contribution in [-0.4, -0.2) is 37.6 Å². The number of carbonyl (C=O) groups is 1. The van der Waals surface area contributed by atoms with Crippen molar-refractivity contribution in [2.24, 2.45) is 5.92 Å². The fraction of sp³-hybridized carbons (Fsp3) is 0.364. The van der Waals surface area contributed by atoms with Gasteiger partial charge in [0.25, 0.3) is 5.91 Å². The Morgan fingerprint density at radius 1 is 1.33 bits per heavy atom. The number of carbonyl (C=O) groups excluding carboxylic acids is 1. The van der Waals surface area contributed by atoms with Crippen LogP contribution in [0.15, 0.2) is 42.6 Å². The lowest BCUT2D eigenvalue weighted by atomic mass is 9.90. The highest BCUT2D eigenvalue weighted by Crippen LogP contribution is 2.26. The van der Waals surface area contributed by atoms with Gasteiger partial charge >= 0.3 is 0 Å². The molecule has 1 N–H and O–H groups in total. The van der Waals surface area contributed by atoms with E-state index in [1.165, 1.54) is 5.56 Å². The molecule has 0 bridgehead atoms. The second-order valence-electron chi connectivity index (χ2n) is 6.78.